The number of carbonyl (C=O) groups is 2. The lowest BCUT2D eigenvalue weighted by Crippen LogP contribution is -2.43. The number of fused-ring (bicyclic) bond motifs is 1. The number of anilines is 1. The fourth-order valence-corrected chi connectivity index (χ4v) is 2.75. The summed E-state index contributed by atoms with van der Waals surface area (Å²) in [7, 11) is 0. The lowest BCUT2D eigenvalue weighted by atomic mass is 10.1. The first kappa shape index (κ1) is 14.4. The molecule has 0 aliphatic carbocycles. The molecule has 1 aliphatic rings. The number of nitrogens with two attached hydrogens (primary N) is 1. The number of rotatable bonds is 3. The number of carbonyl (C=O) groups excluding carboxylic acids is 2. The van der Waals surface area contributed by atoms with E-state index in [0.717, 1.165) is 11.3 Å². The zero-order valence-corrected chi connectivity index (χ0v) is 12.5. The molecule has 8 nitrogen and oxygen atoms in total. The molecule has 2 aromatic rings. The van der Waals surface area contributed by atoms with Crippen molar-refractivity contribution in [1.82, 2.24) is 25.2 Å². The van der Waals surface area contributed by atoms with Crippen molar-refractivity contribution in [3.8, 4) is 0 Å². The monoisotopic (exact) mass is 318 g/mol. The third kappa shape index (κ3) is 3.03. The van der Waals surface area contributed by atoms with E-state index in [2.05, 4.69) is 20.3 Å². The topological polar surface area (TPSA) is 114 Å². The van der Waals surface area contributed by atoms with E-state index >= 15 is 0 Å². The summed E-state index contributed by atoms with van der Waals surface area (Å²) in [6.07, 6.45) is 2.38. The van der Waals surface area contributed by atoms with Gasteiger partial charge < -0.3 is 16.0 Å². The van der Waals surface area contributed by atoms with Crippen LogP contribution in [0.4, 0.5) is 5.95 Å². The van der Waals surface area contributed by atoms with Crippen LogP contribution in [0.15, 0.2) is 17.1 Å². The van der Waals surface area contributed by atoms with E-state index in [1.165, 1.54) is 11.3 Å². The van der Waals surface area contributed by atoms with Gasteiger partial charge in [0.25, 0.3) is 5.91 Å². The van der Waals surface area contributed by atoms with Gasteiger partial charge in [0, 0.05) is 18.1 Å². The van der Waals surface area contributed by atoms with Crippen molar-refractivity contribution in [2.24, 2.45) is 0 Å². The molecule has 3 heterocycles. The average Bonchev–Trinajstić information content (AvgIpc) is 3.06. The van der Waals surface area contributed by atoms with Gasteiger partial charge in [0.05, 0.1) is 24.3 Å². The van der Waals surface area contributed by atoms with E-state index < -0.39 is 0 Å². The van der Waals surface area contributed by atoms with E-state index in [9.17, 15) is 9.59 Å². The van der Waals surface area contributed by atoms with Crippen molar-refractivity contribution in [3.63, 3.8) is 0 Å². The second-order valence-corrected chi connectivity index (χ2v) is 5.54. The minimum absolute atomic E-state index is 0.0632. The highest BCUT2D eigenvalue weighted by Gasteiger charge is 2.22. The molecule has 0 fully saturated rings. The van der Waals surface area contributed by atoms with E-state index in [1.807, 2.05) is 0 Å². The molecular weight excluding hydrogens is 304 g/mol. The number of amides is 2. The van der Waals surface area contributed by atoms with E-state index in [4.69, 9.17) is 5.73 Å². The average molecular weight is 318 g/mol. The van der Waals surface area contributed by atoms with Crippen LogP contribution in [0.5, 0.6) is 0 Å². The normalized spacial score (nSPS) is 13.5. The molecule has 3 N–H and O–H groups in total. The van der Waals surface area contributed by atoms with Gasteiger partial charge in [-0.3, -0.25) is 9.59 Å². The van der Waals surface area contributed by atoms with Crippen LogP contribution in [0.3, 0.4) is 0 Å². The molecular formula is C13H14N6O2S. The Balaban J connectivity index is 1.58. The fraction of sp³-hybridized carbons (Fsp3) is 0.308. The smallest absolute Gasteiger partial charge is 0.271 e. The molecule has 2 amide bonds. The van der Waals surface area contributed by atoms with Crippen molar-refractivity contribution in [3.05, 3.63) is 34.0 Å². The van der Waals surface area contributed by atoms with Crippen molar-refractivity contribution in [2.45, 2.75) is 13.0 Å². The van der Waals surface area contributed by atoms with Crippen molar-refractivity contribution in [2.75, 3.05) is 18.8 Å². The second kappa shape index (κ2) is 6.06. The molecule has 3 rings (SSSR count). The first-order valence-corrected chi connectivity index (χ1v) is 7.62. The third-order valence-electron chi connectivity index (χ3n) is 3.38. The van der Waals surface area contributed by atoms with Gasteiger partial charge in [-0.2, -0.15) is 0 Å². The van der Waals surface area contributed by atoms with Gasteiger partial charge in [-0.05, 0) is 12.0 Å². The molecule has 22 heavy (non-hydrogen) atoms. The van der Waals surface area contributed by atoms with Gasteiger partial charge >= 0.3 is 0 Å². The molecule has 0 aromatic carbocycles. The van der Waals surface area contributed by atoms with Gasteiger partial charge in [-0.15, -0.1) is 11.3 Å². The number of nitrogens with zero attached hydrogens (tertiary/aromatic N) is 4. The zero-order valence-electron chi connectivity index (χ0n) is 11.7. The summed E-state index contributed by atoms with van der Waals surface area (Å²) < 4.78 is 0. The van der Waals surface area contributed by atoms with Crippen LogP contribution in [-0.2, 0) is 17.8 Å². The molecule has 0 atom stereocenters. The molecule has 0 saturated heterocycles. The Bertz CT molecular complexity index is 703. The van der Waals surface area contributed by atoms with Crippen LogP contribution in [0, 0.1) is 0 Å². The maximum Gasteiger partial charge on any atom is 0.271 e. The summed E-state index contributed by atoms with van der Waals surface area (Å²) in [6.45, 7) is 0.894. The van der Waals surface area contributed by atoms with Gasteiger partial charge in [0.1, 0.15) is 5.69 Å². The number of hydrogen-bond donors (Lipinski definition) is 2. The summed E-state index contributed by atoms with van der Waals surface area (Å²) in [5.74, 6) is -0.310. The van der Waals surface area contributed by atoms with E-state index in [0.29, 0.717) is 25.2 Å². The summed E-state index contributed by atoms with van der Waals surface area (Å²) in [5.41, 5.74) is 9.23. The Kier molecular flexibility index (Phi) is 3.96. The SMILES string of the molecule is Nc1ncc2c(n1)CN(C(=O)CNC(=O)c1cscn1)CC2. The van der Waals surface area contributed by atoms with Crippen molar-refractivity contribution in [1.29, 1.82) is 0 Å². The second-order valence-electron chi connectivity index (χ2n) is 4.82. The molecule has 2 aromatic heterocycles. The molecule has 0 spiro atoms. The summed E-state index contributed by atoms with van der Waals surface area (Å²) >= 11 is 1.33. The molecule has 114 valence electrons. The van der Waals surface area contributed by atoms with E-state index in [1.54, 1.807) is 22.0 Å². The fourth-order valence-electron chi connectivity index (χ4n) is 2.21. The first-order chi connectivity index (χ1) is 10.6. The van der Waals surface area contributed by atoms with Crippen molar-refractivity contribution >= 4 is 29.1 Å². The Morgan fingerprint density at radius 1 is 1.41 bits per heavy atom. The maximum absolute atomic E-state index is 12.2. The van der Waals surface area contributed by atoms with Crippen LogP contribution >= 0.6 is 11.3 Å². The van der Waals surface area contributed by atoms with Crippen LogP contribution in [0.2, 0.25) is 0 Å². The minimum Gasteiger partial charge on any atom is -0.368 e. The standard InChI is InChI=1S/C13H14N6O2S/c14-13-16-3-8-1-2-19(5-9(8)18-13)11(20)4-15-12(21)10-6-22-7-17-10/h3,6-7H,1-2,4-5H2,(H,15,21)(H2,14,16,18). The minimum atomic E-state index is -0.349. The highest BCUT2D eigenvalue weighted by atomic mass is 32.1. The third-order valence-corrected chi connectivity index (χ3v) is 3.97. The molecule has 0 saturated carbocycles. The maximum atomic E-state index is 12.2. The zero-order chi connectivity index (χ0) is 15.5. The highest BCUT2D eigenvalue weighted by molar-refractivity contribution is 7.07. The Morgan fingerprint density at radius 2 is 2.27 bits per heavy atom. The van der Waals surface area contributed by atoms with Crippen LogP contribution in [0.1, 0.15) is 21.7 Å². The number of hydrogen-bond acceptors (Lipinski definition) is 7. The lowest BCUT2D eigenvalue weighted by molar-refractivity contribution is -0.131. The highest BCUT2D eigenvalue weighted by Crippen LogP contribution is 2.16. The van der Waals surface area contributed by atoms with Gasteiger partial charge in [0.2, 0.25) is 11.9 Å². The molecule has 9 heteroatoms. The molecule has 1 aliphatic heterocycles. The number of aromatic nitrogens is 3. The Morgan fingerprint density at radius 3 is 3.05 bits per heavy atom. The molecule has 0 unspecified atom stereocenters. The quantitative estimate of drug-likeness (QED) is 0.812. The Hall–Kier alpha value is -2.55. The number of thiazole rings is 1. The predicted molar refractivity (Wildman–Crippen MR) is 80.0 cm³/mol. The largest absolute Gasteiger partial charge is 0.368 e. The Labute approximate surface area is 130 Å². The first-order valence-electron chi connectivity index (χ1n) is 6.68. The number of nitrogen functional groups attached to an aromatic ring is 1. The van der Waals surface area contributed by atoms with E-state index in [-0.39, 0.29) is 24.3 Å². The lowest BCUT2D eigenvalue weighted by Gasteiger charge is -2.28. The van der Waals surface area contributed by atoms with Gasteiger partial charge in [-0.1, -0.05) is 0 Å². The summed E-state index contributed by atoms with van der Waals surface area (Å²) in [5, 5.41) is 4.21. The van der Waals surface area contributed by atoms with Crippen LogP contribution < -0.4 is 11.1 Å². The van der Waals surface area contributed by atoms with Crippen molar-refractivity contribution < 1.29 is 9.59 Å². The molecule has 0 bridgehead atoms. The predicted octanol–water partition coefficient (Wildman–Crippen LogP) is -0.170. The summed E-state index contributed by atoms with van der Waals surface area (Å²) in [6, 6.07) is 0. The molecule has 0 radical (unpaired) electrons. The number of nitrogens with one attached hydrogen (secondary N) is 1. The van der Waals surface area contributed by atoms with Gasteiger partial charge in [0.15, 0.2) is 0 Å². The van der Waals surface area contributed by atoms with Gasteiger partial charge in [-0.25, -0.2) is 15.0 Å². The van der Waals surface area contributed by atoms with Crippen LogP contribution in [0.25, 0.3) is 0 Å². The summed E-state index contributed by atoms with van der Waals surface area (Å²) in [4.78, 5) is 37.6. The van der Waals surface area contributed by atoms with Crippen LogP contribution in [-0.4, -0.2) is 44.8 Å².